The van der Waals surface area contributed by atoms with Crippen molar-refractivity contribution < 1.29 is 4.79 Å². The molecule has 1 aromatic heterocycles. The number of carbonyl (C=O) groups excluding carboxylic acids is 1. The normalized spacial score (nSPS) is 17.6. The van der Waals surface area contributed by atoms with Crippen LogP contribution in [-0.2, 0) is 18.9 Å². The molecular weight excluding hydrogens is 392 g/mol. The Balaban J connectivity index is 1.91. The number of nitrogens with one attached hydrogen (secondary N) is 2. The first-order chi connectivity index (χ1) is 14.8. The lowest BCUT2D eigenvalue weighted by Gasteiger charge is -2.35. The molecule has 0 radical (unpaired) electrons. The Morgan fingerprint density at radius 2 is 1.65 bits per heavy atom. The van der Waals surface area contributed by atoms with Gasteiger partial charge in [0.2, 0.25) is 5.91 Å². The number of hydrogen-bond acceptors (Lipinski definition) is 4. The monoisotopic (exact) mass is 416 g/mol. The van der Waals surface area contributed by atoms with Gasteiger partial charge in [-0.3, -0.25) is 18.7 Å². The van der Waals surface area contributed by atoms with Crippen molar-refractivity contribution in [2.24, 2.45) is 20.0 Å². The molecule has 0 saturated carbocycles. The zero-order chi connectivity index (χ0) is 22.3. The number of amides is 1. The molecule has 1 aliphatic heterocycles. The molecule has 158 valence electrons. The summed E-state index contributed by atoms with van der Waals surface area (Å²) in [5.41, 5.74) is 2.35. The molecule has 7 nitrogen and oxygen atoms in total. The van der Waals surface area contributed by atoms with Crippen molar-refractivity contribution in [2.75, 3.05) is 10.6 Å². The molecule has 0 aliphatic carbocycles. The lowest BCUT2D eigenvalue weighted by molar-refractivity contribution is -0.119. The van der Waals surface area contributed by atoms with Gasteiger partial charge in [-0.05, 0) is 24.1 Å². The molecule has 2 atom stereocenters. The zero-order valence-electron chi connectivity index (χ0n) is 17.7. The van der Waals surface area contributed by atoms with Gasteiger partial charge in [-0.25, -0.2) is 4.79 Å². The number of fused-ring (bicyclic) bond motifs is 1. The van der Waals surface area contributed by atoms with Gasteiger partial charge in [0.05, 0.1) is 11.5 Å². The summed E-state index contributed by atoms with van der Waals surface area (Å²) in [6.07, 6.45) is 0. The number of para-hydroxylation sites is 1. The summed E-state index contributed by atoms with van der Waals surface area (Å²) in [5, 5.41) is 6.05. The molecule has 0 bridgehead atoms. The van der Waals surface area contributed by atoms with Crippen LogP contribution in [0.2, 0.25) is 0 Å². The van der Waals surface area contributed by atoms with Crippen LogP contribution in [0.1, 0.15) is 22.6 Å². The van der Waals surface area contributed by atoms with E-state index in [4.69, 9.17) is 0 Å². The highest BCUT2D eigenvalue weighted by Crippen LogP contribution is 2.42. The maximum Gasteiger partial charge on any atom is 0.332 e. The largest absolute Gasteiger partial charge is 0.344 e. The topological polar surface area (TPSA) is 85.1 Å². The summed E-state index contributed by atoms with van der Waals surface area (Å²) in [6, 6.07) is 16.9. The van der Waals surface area contributed by atoms with Crippen LogP contribution in [0.15, 0.2) is 76.5 Å². The van der Waals surface area contributed by atoms with Gasteiger partial charge in [0.15, 0.2) is 0 Å². The Bertz CT molecular complexity index is 1300. The van der Waals surface area contributed by atoms with Crippen LogP contribution in [0.4, 0.5) is 11.5 Å². The first-order valence-electron chi connectivity index (χ1n) is 9.98. The van der Waals surface area contributed by atoms with E-state index in [1.807, 2.05) is 61.5 Å². The van der Waals surface area contributed by atoms with Crippen LogP contribution in [0.25, 0.3) is 0 Å². The van der Waals surface area contributed by atoms with Crippen LogP contribution in [-0.4, -0.2) is 15.0 Å². The Labute approximate surface area is 179 Å². The van der Waals surface area contributed by atoms with Gasteiger partial charge in [0.1, 0.15) is 5.82 Å². The molecule has 0 unspecified atom stereocenters. The second-order valence-electron chi connectivity index (χ2n) is 7.79. The lowest BCUT2D eigenvalue weighted by atomic mass is 9.76. The lowest BCUT2D eigenvalue weighted by Crippen LogP contribution is -2.46. The van der Waals surface area contributed by atoms with Crippen LogP contribution in [0.5, 0.6) is 0 Å². The molecule has 0 fully saturated rings. The van der Waals surface area contributed by atoms with E-state index in [1.165, 1.54) is 11.6 Å². The van der Waals surface area contributed by atoms with Gasteiger partial charge in [-0.1, -0.05) is 55.1 Å². The van der Waals surface area contributed by atoms with Gasteiger partial charge in [0.25, 0.3) is 5.56 Å². The third kappa shape index (κ3) is 3.38. The fourth-order valence-electron chi connectivity index (χ4n) is 4.15. The Hall–Kier alpha value is -3.87. The number of anilines is 2. The molecular formula is C24H24N4O3. The Kier molecular flexibility index (Phi) is 5.10. The van der Waals surface area contributed by atoms with Crippen LogP contribution >= 0.6 is 0 Å². The van der Waals surface area contributed by atoms with Gasteiger partial charge in [0, 0.05) is 31.4 Å². The highest BCUT2D eigenvalue weighted by atomic mass is 16.2. The fraction of sp³-hybridized carbons (Fsp3) is 0.208. The minimum absolute atomic E-state index is 0.276. The zero-order valence-corrected chi connectivity index (χ0v) is 17.7. The first kappa shape index (κ1) is 20.4. The van der Waals surface area contributed by atoms with Crippen LogP contribution < -0.4 is 21.9 Å². The maximum atomic E-state index is 13.5. The maximum absolute atomic E-state index is 13.5. The molecule has 1 amide bonds. The second-order valence-corrected chi connectivity index (χ2v) is 7.79. The summed E-state index contributed by atoms with van der Waals surface area (Å²) in [5.74, 6) is -1.26. The van der Waals surface area contributed by atoms with Crippen LogP contribution in [0, 0.1) is 12.8 Å². The molecule has 2 aromatic carbocycles. The van der Waals surface area contributed by atoms with E-state index in [9.17, 15) is 14.4 Å². The van der Waals surface area contributed by atoms with Gasteiger partial charge >= 0.3 is 5.69 Å². The first-order valence-corrected chi connectivity index (χ1v) is 9.98. The van der Waals surface area contributed by atoms with Gasteiger partial charge < -0.3 is 10.6 Å². The smallest absolute Gasteiger partial charge is 0.332 e. The van der Waals surface area contributed by atoms with Crippen molar-refractivity contribution in [3.63, 3.8) is 0 Å². The van der Waals surface area contributed by atoms with E-state index in [0.717, 1.165) is 15.7 Å². The van der Waals surface area contributed by atoms with E-state index < -0.39 is 23.1 Å². The minimum atomic E-state index is -0.750. The minimum Gasteiger partial charge on any atom is -0.344 e. The van der Waals surface area contributed by atoms with Crippen LogP contribution in [0.3, 0.4) is 0 Å². The predicted molar refractivity (Wildman–Crippen MR) is 121 cm³/mol. The van der Waals surface area contributed by atoms with Crippen molar-refractivity contribution in [1.82, 2.24) is 9.13 Å². The van der Waals surface area contributed by atoms with Gasteiger partial charge in [-0.15, -0.1) is 0 Å². The van der Waals surface area contributed by atoms with E-state index in [0.29, 0.717) is 22.8 Å². The van der Waals surface area contributed by atoms with Crippen molar-refractivity contribution in [1.29, 1.82) is 0 Å². The number of benzene rings is 2. The van der Waals surface area contributed by atoms with E-state index in [-0.39, 0.29) is 5.91 Å². The van der Waals surface area contributed by atoms with E-state index >= 15 is 0 Å². The highest BCUT2D eigenvalue weighted by Gasteiger charge is 2.41. The third-order valence-electron chi connectivity index (χ3n) is 5.84. The molecule has 3 aromatic rings. The highest BCUT2D eigenvalue weighted by molar-refractivity contribution is 5.97. The molecule has 7 heteroatoms. The summed E-state index contributed by atoms with van der Waals surface area (Å²) in [4.78, 5) is 39.2. The third-order valence-corrected chi connectivity index (χ3v) is 5.84. The molecule has 0 saturated heterocycles. The molecule has 1 aliphatic rings. The number of aromatic nitrogens is 2. The summed E-state index contributed by atoms with van der Waals surface area (Å²) < 4.78 is 2.45. The van der Waals surface area contributed by atoms with Gasteiger partial charge in [-0.2, -0.15) is 0 Å². The predicted octanol–water partition coefficient (Wildman–Crippen LogP) is 2.72. The quantitative estimate of drug-likeness (QED) is 0.688. The number of aryl methyl sites for hydroxylation is 1. The number of carbonyl (C=O) groups is 1. The summed E-state index contributed by atoms with van der Waals surface area (Å²) in [7, 11) is 3.04. The standard InChI is InChI=1S/C24H24N4O3/c1-14-10-8-9-13-17(14)26-22(29)18-15(2)25-21-20(19(18)16-11-6-5-7-12-16)23(30)28(4)24(31)27(21)3/h5-13,18-19,25H,2H2,1,3-4H3,(H,26,29)/t18-,19+/m1/s1. The number of nitrogens with zero attached hydrogens (tertiary/aromatic N) is 2. The molecule has 4 rings (SSSR count). The SMILES string of the molecule is C=C1Nc2c(c(=O)n(C)c(=O)n2C)[C@@H](c2ccccc2)[C@@H]1C(=O)Nc1ccccc1C. The number of hydrogen-bond donors (Lipinski definition) is 2. The van der Waals surface area contributed by atoms with Crippen molar-refractivity contribution in [2.45, 2.75) is 12.8 Å². The van der Waals surface area contributed by atoms with Crippen molar-refractivity contribution in [3.8, 4) is 0 Å². The Morgan fingerprint density at radius 1 is 1.00 bits per heavy atom. The van der Waals surface area contributed by atoms with E-state index in [1.54, 1.807) is 7.05 Å². The molecule has 31 heavy (non-hydrogen) atoms. The average Bonchev–Trinajstić information content (AvgIpc) is 2.77. The average molecular weight is 416 g/mol. The number of rotatable bonds is 3. The molecule has 0 spiro atoms. The van der Waals surface area contributed by atoms with Crippen molar-refractivity contribution >= 4 is 17.4 Å². The van der Waals surface area contributed by atoms with Crippen molar-refractivity contribution in [3.05, 3.63) is 104 Å². The summed E-state index contributed by atoms with van der Waals surface area (Å²) >= 11 is 0. The second kappa shape index (κ2) is 7.75. The molecule has 2 N–H and O–H groups in total. The van der Waals surface area contributed by atoms with E-state index in [2.05, 4.69) is 17.2 Å². The summed E-state index contributed by atoms with van der Waals surface area (Å²) in [6.45, 7) is 6.00. The molecule has 2 heterocycles. The fourth-order valence-corrected chi connectivity index (χ4v) is 4.15. The Morgan fingerprint density at radius 3 is 2.32 bits per heavy atom.